The SMILES string of the molecule is CCNC(=O)CN(CC)c1cn[nH]c(=O)c1. The summed E-state index contributed by atoms with van der Waals surface area (Å²) >= 11 is 0. The lowest BCUT2D eigenvalue weighted by Gasteiger charge is -2.21. The molecular formula is C10H16N4O2. The van der Waals surface area contributed by atoms with Gasteiger partial charge in [0.25, 0.3) is 5.56 Å². The number of carbonyl (C=O) groups excluding carboxylic acids is 1. The highest BCUT2D eigenvalue weighted by Gasteiger charge is 2.09. The average molecular weight is 224 g/mol. The Labute approximate surface area is 93.7 Å². The minimum atomic E-state index is -0.271. The number of carbonyl (C=O) groups is 1. The first-order valence-corrected chi connectivity index (χ1v) is 5.23. The lowest BCUT2D eigenvalue weighted by Crippen LogP contribution is -2.37. The van der Waals surface area contributed by atoms with E-state index >= 15 is 0 Å². The molecule has 0 aromatic carbocycles. The van der Waals surface area contributed by atoms with E-state index in [1.54, 1.807) is 4.90 Å². The number of anilines is 1. The number of amides is 1. The van der Waals surface area contributed by atoms with Crippen molar-refractivity contribution < 1.29 is 4.79 Å². The largest absolute Gasteiger partial charge is 0.361 e. The van der Waals surface area contributed by atoms with Crippen molar-refractivity contribution in [1.82, 2.24) is 15.5 Å². The Morgan fingerprint density at radius 2 is 2.31 bits per heavy atom. The van der Waals surface area contributed by atoms with Crippen LogP contribution in [0.25, 0.3) is 0 Å². The minimum Gasteiger partial charge on any atom is -0.361 e. The Balaban J connectivity index is 2.74. The van der Waals surface area contributed by atoms with Crippen LogP contribution in [0.15, 0.2) is 17.1 Å². The maximum absolute atomic E-state index is 11.4. The first kappa shape index (κ1) is 12.2. The van der Waals surface area contributed by atoms with Gasteiger partial charge in [-0.1, -0.05) is 0 Å². The lowest BCUT2D eigenvalue weighted by atomic mass is 10.3. The summed E-state index contributed by atoms with van der Waals surface area (Å²) in [6.45, 7) is 5.26. The van der Waals surface area contributed by atoms with Gasteiger partial charge >= 0.3 is 0 Å². The van der Waals surface area contributed by atoms with E-state index in [0.29, 0.717) is 18.8 Å². The molecule has 0 aliphatic carbocycles. The number of aromatic amines is 1. The minimum absolute atomic E-state index is 0.0652. The Hall–Kier alpha value is -1.85. The Bertz CT molecular complexity index is 402. The van der Waals surface area contributed by atoms with Gasteiger partial charge in [-0.3, -0.25) is 9.59 Å². The second-order valence-electron chi connectivity index (χ2n) is 3.27. The van der Waals surface area contributed by atoms with E-state index in [0.717, 1.165) is 0 Å². The summed E-state index contributed by atoms with van der Waals surface area (Å²) < 4.78 is 0. The predicted octanol–water partition coefficient (Wildman–Crippen LogP) is -0.268. The molecule has 1 aromatic heterocycles. The normalized spacial score (nSPS) is 9.88. The van der Waals surface area contributed by atoms with E-state index in [9.17, 15) is 9.59 Å². The van der Waals surface area contributed by atoms with Crippen molar-refractivity contribution in [3.8, 4) is 0 Å². The van der Waals surface area contributed by atoms with Crippen molar-refractivity contribution in [2.45, 2.75) is 13.8 Å². The topological polar surface area (TPSA) is 78.1 Å². The van der Waals surface area contributed by atoms with E-state index in [1.807, 2.05) is 13.8 Å². The number of rotatable bonds is 5. The molecule has 0 saturated heterocycles. The molecule has 0 fully saturated rings. The zero-order chi connectivity index (χ0) is 12.0. The Kier molecular flexibility index (Phi) is 4.50. The molecule has 0 aliphatic rings. The van der Waals surface area contributed by atoms with E-state index in [2.05, 4.69) is 15.5 Å². The van der Waals surface area contributed by atoms with E-state index in [-0.39, 0.29) is 18.0 Å². The lowest BCUT2D eigenvalue weighted by molar-refractivity contribution is -0.119. The molecule has 2 N–H and O–H groups in total. The van der Waals surface area contributed by atoms with Crippen LogP contribution in [-0.2, 0) is 4.79 Å². The number of H-pyrrole nitrogens is 1. The molecule has 0 radical (unpaired) electrons. The van der Waals surface area contributed by atoms with Gasteiger partial charge in [-0.05, 0) is 13.8 Å². The summed E-state index contributed by atoms with van der Waals surface area (Å²) in [4.78, 5) is 24.3. The van der Waals surface area contributed by atoms with Gasteiger partial charge in [0, 0.05) is 19.2 Å². The Morgan fingerprint density at radius 1 is 1.56 bits per heavy atom. The summed E-state index contributed by atoms with van der Waals surface area (Å²) in [5, 5.41) is 8.70. The van der Waals surface area contributed by atoms with E-state index in [1.165, 1.54) is 12.3 Å². The summed E-state index contributed by atoms with van der Waals surface area (Å²) in [6.07, 6.45) is 1.53. The number of hydrogen-bond donors (Lipinski definition) is 2. The first-order valence-electron chi connectivity index (χ1n) is 5.23. The van der Waals surface area contributed by atoms with Crippen LogP contribution in [0.5, 0.6) is 0 Å². The number of likely N-dealkylation sites (N-methyl/N-ethyl adjacent to an activating group) is 2. The second-order valence-corrected chi connectivity index (χ2v) is 3.27. The standard InChI is InChI=1S/C10H16N4O2/c1-3-11-10(16)7-14(4-2)8-5-9(15)13-12-6-8/h5-6H,3-4,7H2,1-2H3,(H,11,16)(H,13,15). The molecule has 0 spiro atoms. The zero-order valence-electron chi connectivity index (χ0n) is 9.49. The van der Waals surface area contributed by atoms with Crippen molar-refractivity contribution in [3.05, 3.63) is 22.6 Å². The maximum Gasteiger partial charge on any atom is 0.266 e. The van der Waals surface area contributed by atoms with Crippen molar-refractivity contribution in [2.24, 2.45) is 0 Å². The quantitative estimate of drug-likeness (QED) is 0.722. The molecule has 16 heavy (non-hydrogen) atoms. The Morgan fingerprint density at radius 3 is 2.88 bits per heavy atom. The molecule has 6 nitrogen and oxygen atoms in total. The van der Waals surface area contributed by atoms with Crippen LogP contribution in [-0.4, -0.2) is 35.7 Å². The number of aromatic nitrogens is 2. The van der Waals surface area contributed by atoms with Gasteiger partial charge in [-0.2, -0.15) is 5.10 Å². The highest BCUT2D eigenvalue weighted by Crippen LogP contribution is 2.07. The van der Waals surface area contributed by atoms with Crippen LogP contribution < -0.4 is 15.8 Å². The number of nitrogens with zero attached hydrogens (tertiary/aromatic N) is 2. The van der Waals surface area contributed by atoms with Gasteiger partial charge in [0.2, 0.25) is 5.91 Å². The van der Waals surface area contributed by atoms with Crippen molar-refractivity contribution in [1.29, 1.82) is 0 Å². The number of hydrogen-bond acceptors (Lipinski definition) is 4. The van der Waals surface area contributed by atoms with Gasteiger partial charge < -0.3 is 10.2 Å². The van der Waals surface area contributed by atoms with Gasteiger partial charge in [-0.15, -0.1) is 0 Å². The summed E-state index contributed by atoms with van der Waals surface area (Å²) in [5.41, 5.74) is 0.379. The van der Waals surface area contributed by atoms with Crippen LogP contribution in [0.1, 0.15) is 13.8 Å². The molecule has 1 rings (SSSR count). The zero-order valence-corrected chi connectivity index (χ0v) is 9.49. The van der Waals surface area contributed by atoms with Gasteiger partial charge in [0.15, 0.2) is 0 Å². The molecule has 88 valence electrons. The molecule has 1 aromatic rings. The molecule has 0 aliphatic heterocycles. The van der Waals surface area contributed by atoms with Crippen molar-refractivity contribution in [2.75, 3.05) is 24.5 Å². The fourth-order valence-electron chi connectivity index (χ4n) is 1.35. The molecule has 1 heterocycles. The average Bonchev–Trinajstić information content (AvgIpc) is 2.26. The fraction of sp³-hybridized carbons (Fsp3) is 0.500. The molecule has 6 heteroatoms. The highest BCUT2D eigenvalue weighted by molar-refractivity contribution is 5.81. The third kappa shape index (κ3) is 3.38. The highest BCUT2D eigenvalue weighted by atomic mass is 16.2. The first-order chi connectivity index (χ1) is 7.67. The predicted molar refractivity (Wildman–Crippen MR) is 61.4 cm³/mol. The van der Waals surface area contributed by atoms with Crippen LogP contribution in [0.3, 0.4) is 0 Å². The van der Waals surface area contributed by atoms with Crippen molar-refractivity contribution >= 4 is 11.6 Å². The summed E-state index contributed by atoms with van der Waals surface area (Å²) in [7, 11) is 0. The van der Waals surface area contributed by atoms with Crippen LogP contribution in [0.2, 0.25) is 0 Å². The molecule has 0 saturated carbocycles. The van der Waals surface area contributed by atoms with Crippen LogP contribution in [0, 0.1) is 0 Å². The molecule has 0 bridgehead atoms. The van der Waals surface area contributed by atoms with E-state index in [4.69, 9.17) is 0 Å². The van der Waals surface area contributed by atoms with Gasteiger partial charge in [-0.25, -0.2) is 5.10 Å². The van der Waals surface area contributed by atoms with Crippen LogP contribution in [0.4, 0.5) is 5.69 Å². The van der Waals surface area contributed by atoms with E-state index < -0.39 is 0 Å². The third-order valence-electron chi connectivity index (χ3n) is 2.11. The smallest absolute Gasteiger partial charge is 0.266 e. The maximum atomic E-state index is 11.4. The van der Waals surface area contributed by atoms with Crippen molar-refractivity contribution in [3.63, 3.8) is 0 Å². The monoisotopic (exact) mass is 224 g/mol. The third-order valence-corrected chi connectivity index (χ3v) is 2.11. The molecule has 1 amide bonds. The van der Waals surface area contributed by atoms with Crippen LogP contribution >= 0.6 is 0 Å². The van der Waals surface area contributed by atoms with Gasteiger partial charge in [0.1, 0.15) is 0 Å². The molecule has 0 unspecified atom stereocenters. The summed E-state index contributed by atoms with van der Waals surface area (Å²) in [5.74, 6) is -0.0652. The molecular weight excluding hydrogens is 208 g/mol. The summed E-state index contributed by atoms with van der Waals surface area (Å²) in [6, 6.07) is 1.43. The fourth-order valence-corrected chi connectivity index (χ4v) is 1.35. The molecule has 0 atom stereocenters. The number of nitrogens with one attached hydrogen (secondary N) is 2. The second kappa shape index (κ2) is 5.89. The van der Waals surface area contributed by atoms with Gasteiger partial charge in [0.05, 0.1) is 18.4 Å².